The van der Waals surface area contributed by atoms with Crippen LogP contribution in [0.1, 0.15) is 44.2 Å². The lowest BCUT2D eigenvalue weighted by atomic mass is 9.80. The second kappa shape index (κ2) is 6.87. The third-order valence-corrected chi connectivity index (χ3v) is 6.46. The van der Waals surface area contributed by atoms with Crippen LogP contribution in [0.15, 0.2) is 36.2 Å². The quantitative estimate of drug-likeness (QED) is 0.522. The number of carbonyl (C=O) groups is 1. The molecule has 3 fully saturated rings. The van der Waals surface area contributed by atoms with Crippen molar-refractivity contribution in [3.63, 3.8) is 0 Å². The molecule has 1 saturated carbocycles. The molecule has 1 aromatic heterocycles. The molecule has 6 atom stereocenters. The predicted molar refractivity (Wildman–Crippen MR) is 100 cm³/mol. The van der Waals surface area contributed by atoms with E-state index in [1.807, 2.05) is 18.3 Å². The van der Waals surface area contributed by atoms with Crippen molar-refractivity contribution >= 4 is 5.91 Å². The Balaban J connectivity index is 1.40. The average Bonchev–Trinajstić information content (AvgIpc) is 3.32. The van der Waals surface area contributed by atoms with E-state index in [0.717, 1.165) is 37.1 Å². The summed E-state index contributed by atoms with van der Waals surface area (Å²) >= 11 is 0. The van der Waals surface area contributed by atoms with Gasteiger partial charge in [0.15, 0.2) is 0 Å². The largest absolute Gasteiger partial charge is 0.366 e. The van der Waals surface area contributed by atoms with Crippen LogP contribution in [0.25, 0.3) is 0 Å². The molecular formula is C19H27N7O. The third-order valence-electron chi connectivity index (χ3n) is 6.46. The molecule has 5 rings (SSSR count). The summed E-state index contributed by atoms with van der Waals surface area (Å²) in [7, 11) is 0. The highest BCUT2D eigenvalue weighted by Gasteiger charge is 2.47. The maximum atomic E-state index is 12.9. The molecule has 5 N–H and O–H groups in total. The highest BCUT2D eigenvalue weighted by Crippen LogP contribution is 2.37. The van der Waals surface area contributed by atoms with Crippen molar-refractivity contribution in [2.45, 2.75) is 62.8 Å². The van der Waals surface area contributed by atoms with Gasteiger partial charge >= 0.3 is 0 Å². The van der Waals surface area contributed by atoms with Crippen molar-refractivity contribution in [2.24, 2.45) is 5.92 Å². The normalized spacial score (nSPS) is 38.2. The molecule has 8 nitrogen and oxygen atoms in total. The maximum Gasteiger partial charge on any atom is 0.264 e. The Morgan fingerprint density at radius 1 is 1.22 bits per heavy atom. The van der Waals surface area contributed by atoms with E-state index in [0.29, 0.717) is 18.0 Å². The molecule has 27 heavy (non-hydrogen) atoms. The van der Waals surface area contributed by atoms with Gasteiger partial charge in [-0.1, -0.05) is 13.0 Å². The van der Waals surface area contributed by atoms with Gasteiger partial charge in [-0.2, -0.15) is 5.53 Å². The lowest BCUT2D eigenvalue weighted by Crippen LogP contribution is -2.54. The van der Waals surface area contributed by atoms with Gasteiger partial charge in [0, 0.05) is 47.7 Å². The van der Waals surface area contributed by atoms with E-state index in [1.54, 1.807) is 11.1 Å². The van der Waals surface area contributed by atoms with Gasteiger partial charge in [0.05, 0.1) is 5.92 Å². The zero-order valence-corrected chi connectivity index (χ0v) is 15.5. The second-order valence-corrected chi connectivity index (χ2v) is 7.96. The van der Waals surface area contributed by atoms with Crippen LogP contribution in [0.5, 0.6) is 0 Å². The van der Waals surface area contributed by atoms with Gasteiger partial charge in [0.25, 0.3) is 5.91 Å². The Kier molecular flexibility index (Phi) is 4.35. The number of nitrogens with one attached hydrogen (secondary N) is 5. The van der Waals surface area contributed by atoms with Crippen LogP contribution >= 0.6 is 0 Å². The first-order valence-corrected chi connectivity index (χ1v) is 9.99. The van der Waals surface area contributed by atoms with E-state index < -0.39 is 0 Å². The Hall–Kier alpha value is -2.00. The van der Waals surface area contributed by atoms with E-state index in [1.165, 1.54) is 0 Å². The average molecular weight is 369 g/mol. The second-order valence-electron chi connectivity index (χ2n) is 7.96. The topological polar surface area (TPSA) is 93.4 Å². The van der Waals surface area contributed by atoms with Crippen LogP contribution in [-0.2, 0) is 4.79 Å². The number of hydrazine groups is 3. The molecule has 144 valence electrons. The summed E-state index contributed by atoms with van der Waals surface area (Å²) in [5.41, 5.74) is 15.1. The molecule has 0 aromatic carbocycles. The molecule has 0 radical (unpaired) electrons. The lowest BCUT2D eigenvalue weighted by molar-refractivity contribution is -0.131. The number of allylic oxidation sites excluding steroid dienone is 1. The molecule has 1 aliphatic carbocycles. The van der Waals surface area contributed by atoms with Crippen LogP contribution in [0.2, 0.25) is 0 Å². The molecule has 4 aliphatic rings. The molecule has 2 saturated heterocycles. The van der Waals surface area contributed by atoms with Gasteiger partial charge in [-0.25, -0.2) is 16.3 Å². The van der Waals surface area contributed by atoms with Gasteiger partial charge in [0.1, 0.15) is 6.17 Å². The number of carbonyl (C=O) groups excluding carboxylic acids is 1. The van der Waals surface area contributed by atoms with E-state index in [2.05, 4.69) is 45.1 Å². The first-order chi connectivity index (χ1) is 13.2. The Morgan fingerprint density at radius 3 is 2.93 bits per heavy atom. The number of pyridine rings is 1. The molecular weight excluding hydrogens is 342 g/mol. The molecule has 1 amide bonds. The van der Waals surface area contributed by atoms with Crippen molar-refractivity contribution in [1.29, 1.82) is 0 Å². The smallest absolute Gasteiger partial charge is 0.264 e. The summed E-state index contributed by atoms with van der Waals surface area (Å²) in [5, 5.41) is 5.47. The van der Waals surface area contributed by atoms with Gasteiger partial charge in [-0.05, 0) is 37.8 Å². The fraction of sp³-hybridized carbons (Fsp3) is 0.579. The summed E-state index contributed by atoms with van der Waals surface area (Å²) < 4.78 is 0. The number of aromatic nitrogens is 1. The fourth-order valence-corrected chi connectivity index (χ4v) is 5.02. The highest BCUT2D eigenvalue weighted by atomic mass is 16.2. The number of nitrogens with zero attached hydrogens (tertiary/aromatic N) is 2. The van der Waals surface area contributed by atoms with Crippen LogP contribution in [0.3, 0.4) is 0 Å². The van der Waals surface area contributed by atoms with Crippen LogP contribution in [0, 0.1) is 5.92 Å². The molecule has 6 unspecified atom stereocenters. The molecule has 8 heteroatoms. The minimum Gasteiger partial charge on any atom is -0.366 e. The first-order valence-electron chi connectivity index (χ1n) is 9.99. The highest BCUT2D eigenvalue weighted by molar-refractivity contribution is 5.89. The number of hydrogen-bond donors (Lipinski definition) is 5. The standard InChI is InChI=1S/C19H27N7O/c1-2-12-18(14-5-3-4-8-20-14)19-21-15(10-17(27)26(19)24-12)11-6-7-13-16(9-11)23-25-22-13/h3-5,8,10-13,16,18-19,21-25H,2,6-7,9H2,1H3. The Morgan fingerprint density at radius 2 is 2.11 bits per heavy atom. The number of fused-ring (bicyclic) bond motifs is 2. The van der Waals surface area contributed by atoms with E-state index >= 15 is 0 Å². The lowest BCUT2D eigenvalue weighted by Gasteiger charge is -2.38. The van der Waals surface area contributed by atoms with Gasteiger partial charge in [-0.15, -0.1) is 0 Å². The van der Waals surface area contributed by atoms with Gasteiger partial charge in [0.2, 0.25) is 0 Å². The van der Waals surface area contributed by atoms with Gasteiger partial charge in [-0.3, -0.25) is 14.8 Å². The molecule has 4 heterocycles. The molecule has 3 aliphatic heterocycles. The summed E-state index contributed by atoms with van der Waals surface area (Å²) in [6.07, 6.45) is 7.65. The minimum atomic E-state index is -0.0946. The van der Waals surface area contributed by atoms with Crippen LogP contribution in [-0.4, -0.2) is 40.2 Å². The molecule has 0 spiro atoms. The number of rotatable bonds is 3. The number of amides is 1. The SMILES string of the molecule is CCC1NN2C(=O)C=C(C3CCC4NNNC4C3)NC2C1c1ccccn1. The van der Waals surface area contributed by atoms with Crippen molar-refractivity contribution in [3.8, 4) is 0 Å². The zero-order chi connectivity index (χ0) is 18.4. The maximum absolute atomic E-state index is 12.9. The fourth-order valence-electron chi connectivity index (χ4n) is 5.02. The monoisotopic (exact) mass is 369 g/mol. The first kappa shape index (κ1) is 17.1. The van der Waals surface area contributed by atoms with Crippen LogP contribution in [0.4, 0.5) is 0 Å². The minimum absolute atomic E-state index is 0.0448. The zero-order valence-electron chi connectivity index (χ0n) is 15.5. The van der Waals surface area contributed by atoms with Crippen molar-refractivity contribution in [1.82, 2.24) is 37.1 Å². The van der Waals surface area contributed by atoms with Gasteiger partial charge < -0.3 is 5.32 Å². The third kappa shape index (κ3) is 2.93. The number of hydrogen-bond acceptors (Lipinski definition) is 7. The van der Waals surface area contributed by atoms with E-state index in [4.69, 9.17) is 0 Å². The molecule has 1 aromatic rings. The van der Waals surface area contributed by atoms with E-state index in [-0.39, 0.29) is 24.0 Å². The summed E-state index contributed by atoms with van der Waals surface area (Å²) in [6, 6.07) is 7.08. The Labute approximate surface area is 159 Å². The van der Waals surface area contributed by atoms with Crippen molar-refractivity contribution in [2.75, 3.05) is 0 Å². The predicted octanol–water partition coefficient (Wildman–Crippen LogP) is 0.254. The summed E-state index contributed by atoms with van der Waals surface area (Å²) in [6.45, 7) is 2.15. The summed E-state index contributed by atoms with van der Waals surface area (Å²) in [4.78, 5) is 17.5. The Bertz CT molecular complexity index is 739. The van der Waals surface area contributed by atoms with Crippen molar-refractivity contribution < 1.29 is 4.79 Å². The molecule has 0 bridgehead atoms. The van der Waals surface area contributed by atoms with Crippen molar-refractivity contribution in [3.05, 3.63) is 41.9 Å². The van der Waals surface area contributed by atoms with Crippen LogP contribution < -0.4 is 27.1 Å². The van der Waals surface area contributed by atoms with E-state index in [9.17, 15) is 4.79 Å². The summed E-state index contributed by atoms with van der Waals surface area (Å²) in [5.74, 6) is 0.549.